The van der Waals surface area contributed by atoms with Gasteiger partial charge in [-0.15, -0.1) is 0 Å². The summed E-state index contributed by atoms with van der Waals surface area (Å²) in [5.41, 5.74) is 0. The van der Waals surface area contributed by atoms with E-state index in [0.29, 0.717) is 0 Å². The molecule has 1 aliphatic heterocycles. The molecule has 0 radical (unpaired) electrons. The van der Waals surface area contributed by atoms with E-state index in [9.17, 15) is 0 Å². The van der Waals surface area contributed by atoms with Gasteiger partial charge in [0.1, 0.15) is 0 Å². The predicted octanol–water partition coefficient (Wildman–Crippen LogP) is 0.233. The average molecular weight is 185 g/mol. The van der Waals surface area contributed by atoms with Crippen LogP contribution in [-0.2, 0) is 0 Å². The van der Waals surface area contributed by atoms with Crippen molar-refractivity contribution in [3.05, 3.63) is 0 Å². The van der Waals surface area contributed by atoms with Gasteiger partial charge in [-0.1, -0.05) is 6.92 Å². The number of nitrogens with zero attached hydrogens (tertiary/aromatic N) is 2. The molecule has 1 saturated heterocycles. The van der Waals surface area contributed by atoms with Crippen LogP contribution in [-0.4, -0.2) is 62.7 Å². The van der Waals surface area contributed by atoms with Crippen LogP contribution >= 0.6 is 0 Å². The molecule has 0 aromatic carbocycles. The standard InChI is InChI=1S/C10H23N3/c1-3-6-12(2)9-10-13-7-4-11-5-8-13/h11H,3-10H2,1-2H3. The van der Waals surface area contributed by atoms with Gasteiger partial charge in [-0.2, -0.15) is 0 Å². The highest BCUT2D eigenvalue weighted by molar-refractivity contribution is 4.68. The van der Waals surface area contributed by atoms with E-state index in [1.165, 1.54) is 39.1 Å². The third kappa shape index (κ3) is 4.60. The molecule has 0 saturated carbocycles. The minimum Gasteiger partial charge on any atom is -0.314 e. The number of likely N-dealkylation sites (N-methyl/N-ethyl adjacent to an activating group) is 1. The van der Waals surface area contributed by atoms with Crippen LogP contribution in [0.4, 0.5) is 0 Å². The molecule has 1 aliphatic rings. The van der Waals surface area contributed by atoms with Crippen LogP contribution in [0.3, 0.4) is 0 Å². The van der Waals surface area contributed by atoms with Gasteiger partial charge in [-0.05, 0) is 20.0 Å². The van der Waals surface area contributed by atoms with Gasteiger partial charge in [0.15, 0.2) is 0 Å². The van der Waals surface area contributed by atoms with E-state index in [1.807, 2.05) is 0 Å². The van der Waals surface area contributed by atoms with Gasteiger partial charge in [0.2, 0.25) is 0 Å². The highest BCUT2D eigenvalue weighted by Gasteiger charge is 2.09. The monoisotopic (exact) mass is 185 g/mol. The maximum atomic E-state index is 3.37. The van der Waals surface area contributed by atoms with Crippen molar-refractivity contribution in [3.8, 4) is 0 Å². The number of nitrogens with one attached hydrogen (secondary N) is 1. The van der Waals surface area contributed by atoms with Crippen LogP contribution in [0.15, 0.2) is 0 Å². The van der Waals surface area contributed by atoms with Crippen LogP contribution in [0.1, 0.15) is 13.3 Å². The summed E-state index contributed by atoms with van der Waals surface area (Å²) in [6.45, 7) is 10.7. The molecule has 13 heavy (non-hydrogen) atoms. The fourth-order valence-corrected chi connectivity index (χ4v) is 1.74. The molecule has 1 fully saturated rings. The quantitative estimate of drug-likeness (QED) is 0.661. The smallest absolute Gasteiger partial charge is 0.0110 e. The van der Waals surface area contributed by atoms with Crippen molar-refractivity contribution in [2.24, 2.45) is 0 Å². The first-order chi connectivity index (χ1) is 6.33. The van der Waals surface area contributed by atoms with Gasteiger partial charge in [-0.25, -0.2) is 0 Å². The normalized spacial score (nSPS) is 19.6. The Kier molecular flexibility index (Phi) is 5.35. The van der Waals surface area contributed by atoms with Crippen molar-refractivity contribution >= 4 is 0 Å². The van der Waals surface area contributed by atoms with E-state index in [2.05, 4.69) is 29.1 Å². The van der Waals surface area contributed by atoms with Crippen LogP contribution in [0, 0.1) is 0 Å². The van der Waals surface area contributed by atoms with Gasteiger partial charge in [0, 0.05) is 39.3 Å². The van der Waals surface area contributed by atoms with Crippen LogP contribution in [0.25, 0.3) is 0 Å². The van der Waals surface area contributed by atoms with Gasteiger partial charge >= 0.3 is 0 Å². The van der Waals surface area contributed by atoms with Gasteiger partial charge in [0.05, 0.1) is 0 Å². The van der Waals surface area contributed by atoms with Crippen molar-refractivity contribution in [2.75, 3.05) is 52.9 Å². The van der Waals surface area contributed by atoms with E-state index in [1.54, 1.807) is 0 Å². The van der Waals surface area contributed by atoms with Gasteiger partial charge in [0.25, 0.3) is 0 Å². The number of rotatable bonds is 5. The van der Waals surface area contributed by atoms with Crippen molar-refractivity contribution in [3.63, 3.8) is 0 Å². The number of hydrogen-bond acceptors (Lipinski definition) is 3. The highest BCUT2D eigenvalue weighted by atomic mass is 15.2. The minimum atomic E-state index is 1.16. The maximum absolute atomic E-state index is 3.37. The summed E-state index contributed by atoms with van der Waals surface area (Å²) in [7, 11) is 2.21. The second-order valence-electron chi connectivity index (χ2n) is 3.89. The average Bonchev–Trinajstić information content (AvgIpc) is 2.17. The van der Waals surface area contributed by atoms with Gasteiger partial charge in [-0.3, -0.25) is 4.90 Å². The lowest BCUT2D eigenvalue weighted by atomic mass is 10.3. The van der Waals surface area contributed by atoms with Gasteiger partial charge < -0.3 is 10.2 Å². The molecule has 1 heterocycles. The maximum Gasteiger partial charge on any atom is 0.0110 e. The molecule has 0 aromatic rings. The second-order valence-corrected chi connectivity index (χ2v) is 3.89. The first kappa shape index (κ1) is 11.0. The largest absolute Gasteiger partial charge is 0.314 e. The first-order valence-corrected chi connectivity index (χ1v) is 5.44. The van der Waals surface area contributed by atoms with E-state index in [0.717, 1.165) is 13.1 Å². The first-order valence-electron chi connectivity index (χ1n) is 5.44. The van der Waals surface area contributed by atoms with Crippen molar-refractivity contribution in [2.45, 2.75) is 13.3 Å². The summed E-state index contributed by atoms with van der Waals surface area (Å²) in [4.78, 5) is 4.96. The predicted molar refractivity (Wildman–Crippen MR) is 57.1 cm³/mol. The number of piperazine rings is 1. The summed E-state index contributed by atoms with van der Waals surface area (Å²) in [6, 6.07) is 0. The lowest BCUT2D eigenvalue weighted by Gasteiger charge is -2.28. The molecule has 0 unspecified atom stereocenters. The van der Waals surface area contributed by atoms with Crippen LogP contribution in [0.5, 0.6) is 0 Å². The summed E-state index contributed by atoms with van der Waals surface area (Å²) in [5, 5.41) is 3.37. The van der Waals surface area contributed by atoms with E-state index < -0.39 is 0 Å². The molecular weight excluding hydrogens is 162 g/mol. The summed E-state index contributed by atoms with van der Waals surface area (Å²) in [6.07, 6.45) is 1.26. The zero-order chi connectivity index (χ0) is 9.52. The molecule has 1 N–H and O–H groups in total. The summed E-state index contributed by atoms with van der Waals surface area (Å²) < 4.78 is 0. The Hall–Kier alpha value is -0.120. The molecule has 3 heteroatoms. The zero-order valence-electron chi connectivity index (χ0n) is 9.05. The number of hydrogen-bond donors (Lipinski definition) is 1. The Bertz CT molecular complexity index is 121. The molecule has 0 aliphatic carbocycles. The zero-order valence-corrected chi connectivity index (χ0v) is 9.05. The fourth-order valence-electron chi connectivity index (χ4n) is 1.74. The molecule has 0 aromatic heterocycles. The third-order valence-electron chi connectivity index (χ3n) is 2.61. The molecule has 0 amide bonds. The third-order valence-corrected chi connectivity index (χ3v) is 2.61. The molecular formula is C10H23N3. The lowest BCUT2D eigenvalue weighted by Crippen LogP contribution is -2.46. The van der Waals surface area contributed by atoms with Crippen LogP contribution < -0.4 is 5.32 Å². The molecule has 0 bridgehead atoms. The molecule has 0 atom stereocenters. The summed E-state index contributed by atoms with van der Waals surface area (Å²) in [5.74, 6) is 0. The minimum absolute atomic E-state index is 1.16. The Morgan fingerprint density at radius 1 is 1.23 bits per heavy atom. The Labute approximate surface area is 82.1 Å². The summed E-state index contributed by atoms with van der Waals surface area (Å²) >= 11 is 0. The SMILES string of the molecule is CCCN(C)CCN1CCNCC1. The van der Waals surface area contributed by atoms with Crippen molar-refractivity contribution in [1.29, 1.82) is 0 Å². The Balaban J connectivity index is 2.03. The molecule has 3 nitrogen and oxygen atoms in total. The lowest BCUT2D eigenvalue weighted by molar-refractivity contribution is 0.205. The topological polar surface area (TPSA) is 18.5 Å². The van der Waals surface area contributed by atoms with Crippen LogP contribution in [0.2, 0.25) is 0 Å². The molecule has 0 spiro atoms. The Morgan fingerprint density at radius 2 is 1.92 bits per heavy atom. The highest BCUT2D eigenvalue weighted by Crippen LogP contribution is 1.93. The molecule has 78 valence electrons. The second kappa shape index (κ2) is 6.35. The van der Waals surface area contributed by atoms with Crippen molar-refractivity contribution < 1.29 is 0 Å². The fraction of sp³-hybridized carbons (Fsp3) is 1.00. The van der Waals surface area contributed by atoms with E-state index in [4.69, 9.17) is 0 Å². The van der Waals surface area contributed by atoms with Crippen molar-refractivity contribution in [1.82, 2.24) is 15.1 Å². The van der Waals surface area contributed by atoms with E-state index >= 15 is 0 Å². The Morgan fingerprint density at radius 3 is 2.54 bits per heavy atom. The molecule has 1 rings (SSSR count). The van der Waals surface area contributed by atoms with E-state index in [-0.39, 0.29) is 0 Å².